The van der Waals surface area contributed by atoms with Gasteiger partial charge in [0.1, 0.15) is 6.29 Å². The summed E-state index contributed by atoms with van der Waals surface area (Å²) >= 11 is 0. The van der Waals surface area contributed by atoms with Crippen LogP contribution in [0, 0.1) is 0 Å². The molecule has 4 aromatic rings. The van der Waals surface area contributed by atoms with E-state index >= 15 is 0 Å². The SMILES string of the molecule is O=Cc1ccc(-c2cccc(C(=O)Nc3nnc(-c4ccco4)o3)c2)cc1. The fourth-order valence-corrected chi connectivity index (χ4v) is 2.54. The fraction of sp³-hybridized carbons (Fsp3) is 0. The largest absolute Gasteiger partial charge is 0.459 e. The first-order chi connectivity index (χ1) is 13.2. The maximum absolute atomic E-state index is 12.5. The van der Waals surface area contributed by atoms with E-state index in [1.807, 2.05) is 18.2 Å². The van der Waals surface area contributed by atoms with Gasteiger partial charge in [-0.1, -0.05) is 41.5 Å². The van der Waals surface area contributed by atoms with Gasteiger partial charge < -0.3 is 8.83 Å². The molecule has 1 amide bonds. The molecule has 0 aliphatic heterocycles. The number of nitrogens with zero attached hydrogens (tertiary/aromatic N) is 2. The van der Waals surface area contributed by atoms with E-state index in [9.17, 15) is 9.59 Å². The molecule has 1 N–H and O–H groups in total. The van der Waals surface area contributed by atoms with E-state index in [0.717, 1.165) is 17.4 Å². The predicted molar refractivity (Wildman–Crippen MR) is 97.2 cm³/mol. The van der Waals surface area contributed by atoms with Crippen LogP contribution in [0.25, 0.3) is 22.8 Å². The number of hydrogen-bond acceptors (Lipinski definition) is 6. The zero-order valence-corrected chi connectivity index (χ0v) is 14.0. The number of aldehydes is 1. The quantitative estimate of drug-likeness (QED) is 0.540. The van der Waals surface area contributed by atoms with E-state index < -0.39 is 0 Å². The summed E-state index contributed by atoms with van der Waals surface area (Å²) in [6.45, 7) is 0. The van der Waals surface area contributed by atoms with Gasteiger partial charge in [-0.2, -0.15) is 0 Å². The maximum Gasteiger partial charge on any atom is 0.322 e. The highest BCUT2D eigenvalue weighted by atomic mass is 16.4. The molecule has 0 bridgehead atoms. The lowest BCUT2D eigenvalue weighted by molar-refractivity contribution is 0.102. The molecule has 4 rings (SSSR count). The van der Waals surface area contributed by atoms with Crippen LogP contribution >= 0.6 is 0 Å². The number of benzene rings is 2. The molecule has 2 aromatic carbocycles. The summed E-state index contributed by atoms with van der Waals surface area (Å²) in [5.74, 6) is 0.221. The summed E-state index contributed by atoms with van der Waals surface area (Å²) in [5.41, 5.74) is 2.77. The van der Waals surface area contributed by atoms with Gasteiger partial charge in [-0.05, 0) is 35.4 Å². The minimum absolute atomic E-state index is 0.0212. The highest BCUT2D eigenvalue weighted by molar-refractivity contribution is 6.03. The van der Waals surface area contributed by atoms with Crippen LogP contribution in [-0.2, 0) is 0 Å². The third kappa shape index (κ3) is 3.52. The Labute approximate surface area is 153 Å². The molecule has 0 fully saturated rings. The molecule has 0 atom stereocenters. The minimum Gasteiger partial charge on any atom is -0.459 e. The molecule has 2 heterocycles. The number of rotatable bonds is 5. The van der Waals surface area contributed by atoms with Crippen molar-refractivity contribution >= 4 is 18.2 Å². The second kappa shape index (κ2) is 7.09. The monoisotopic (exact) mass is 359 g/mol. The van der Waals surface area contributed by atoms with Crippen molar-refractivity contribution in [2.24, 2.45) is 0 Å². The van der Waals surface area contributed by atoms with E-state index in [0.29, 0.717) is 16.9 Å². The van der Waals surface area contributed by atoms with Gasteiger partial charge in [-0.15, -0.1) is 5.10 Å². The average molecular weight is 359 g/mol. The summed E-state index contributed by atoms with van der Waals surface area (Å²) in [6.07, 6.45) is 2.28. The van der Waals surface area contributed by atoms with Crippen LogP contribution in [-0.4, -0.2) is 22.4 Å². The van der Waals surface area contributed by atoms with Crippen LogP contribution in [0.15, 0.2) is 75.8 Å². The number of nitrogens with one attached hydrogen (secondary N) is 1. The van der Waals surface area contributed by atoms with Gasteiger partial charge in [0.25, 0.3) is 11.8 Å². The summed E-state index contributed by atoms with van der Waals surface area (Å²) in [6, 6.07) is 17.6. The van der Waals surface area contributed by atoms with E-state index in [-0.39, 0.29) is 17.8 Å². The lowest BCUT2D eigenvalue weighted by Gasteiger charge is -2.05. The number of aromatic nitrogens is 2. The zero-order valence-electron chi connectivity index (χ0n) is 14.0. The minimum atomic E-state index is -0.379. The van der Waals surface area contributed by atoms with Crippen molar-refractivity contribution in [1.82, 2.24) is 10.2 Å². The molecule has 0 unspecified atom stereocenters. The fourth-order valence-electron chi connectivity index (χ4n) is 2.54. The number of amides is 1. The van der Waals surface area contributed by atoms with Crippen LogP contribution in [0.3, 0.4) is 0 Å². The second-order valence-electron chi connectivity index (χ2n) is 5.66. The van der Waals surface area contributed by atoms with Crippen molar-refractivity contribution in [3.05, 3.63) is 78.1 Å². The molecule has 7 heteroatoms. The van der Waals surface area contributed by atoms with E-state index in [2.05, 4.69) is 15.5 Å². The normalized spacial score (nSPS) is 10.5. The average Bonchev–Trinajstić information content (AvgIpc) is 3.40. The summed E-state index contributed by atoms with van der Waals surface area (Å²) in [4.78, 5) is 23.3. The highest BCUT2D eigenvalue weighted by Gasteiger charge is 2.14. The summed E-state index contributed by atoms with van der Waals surface area (Å²) in [5, 5.41) is 10.2. The number of hydrogen-bond donors (Lipinski definition) is 1. The molecule has 27 heavy (non-hydrogen) atoms. The lowest BCUT2D eigenvalue weighted by atomic mass is 10.0. The standard InChI is InChI=1S/C20H13N3O4/c24-12-13-6-8-14(9-7-13)15-3-1-4-16(11-15)18(25)21-20-23-22-19(27-20)17-5-2-10-26-17/h1-12H,(H,21,23,25). The number of carbonyl (C=O) groups excluding carboxylic acids is 2. The first-order valence-corrected chi connectivity index (χ1v) is 8.07. The van der Waals surface area contributed by atoms with Gasteiger partial charge in [0.2, 0.25) is 0 Å². The van der Waals surface area contributed by atoms with Crippen molar-refractivity contribution in [3.63, 3.8) is 0 Å². The number of furan rings is 1. The van der Waals surface area contributed by atoms with Crippen molar-refractivity contribution < 1.29 is 18.4 Å². The maximum atomic E-state index is 12.5. The van der Waals surface area contributed by atoms with Crippen molar-refractivity contribution in [2.45, 2.75) is 0 Å². The Balaban J connectivity index is 1.53. The van der Waals surface area contributed by atoms with Crippen LogP contribution in [0.5, 0.6) is 0 Å². The molecule has 0 spiro atoms. The van der Waals surface area contributed by atoms with Crippen LogP contribution < -0.4 is 5.32 Å². The van der Waals surface area contributed by atoms with Gasteiger partial charge in [0.05, 0.1) is 6.26 Å². The Morgan fingerprint density at radius 1 is 0.963 bits per heavy atom. The van der Waals surface area contributed by atoms with E-state index in [1.54, 1.807) is 42.5 Å². The zero-order chi connectivity index (χ0) is 18.6. The van der Waals surface area contributed by atoms with Gasteiger partial charge in [-0.25, -0.2) is 0 Å². The van der Waals surface area contributed by atoms with Crippen LogP contribution in [0.2, 0.25) is 0 Å². The topological polar surface area (TPSA) is 98.2 Å². The molecule has 0 aliphatic carbocycles. The van der Waals surface area contributed by atoms with Crippen molar-refractivity contribution in [2.75, 3.05) is 5.32 Å². The Bertz CT molecular complexity index is 1080. The second-order valence-corrected chi connectivity index (χ2v) is 5.66. The first-order valence-electron chi connectivity index (χ1n) is 8.07. The van der Waals surface area contributed by atoms with Crippen LogP contribution in [0.1, 0.15) is 20.7 Å². The van der Waals surface area contributed by atoms with Crippen molar-refractivity contribution in [3.8, 4) is 22.8 Å². The first kappa shape index (κ1) is 16.5. The Hall–Kier alpha value is -4.00. The van der Waals surface area contributed by atoms with Gasteiger partial charge in [0.15, 0.2) is 5.76 Å². The number of anilines is 1. The Kier molecular flexibility index (Phi) is 4.32. The smallest absolute Gasteiger partial charge is 0.322 e. The molecule has 0 saturated carbocycles. The van der Waals surface area contributed by atoms with Gasteiger partial charge >= 0.3 is 6.01 Å². The number of carbonyl (C=O) groups is 2. The molecule has 0 aliphatic rings. The van der Waals surface area contributed by atoms with Crippen LogP contribution in [0.4, 0.5) is 6.01 Å². The van der Waals surface area contributed by atoms with Crippen molar-refractivity contribution in [1.29, 1.82) is 0 Å². The molecule has 2 aromatic heterocycles. The lowest BCUT2D eigenvalue weighted by Crippen LogP contribution is -2.12. The predicted octanol–water partition coefficient (Wildman–Crippen LogP) is 4.06. The molecule has 132 valence electrons. The molecule has 0 radical (unpaired) electrons. The third-order valence-electron chi connectivity index (χ3n) is 3.88. The van der Waals surface area contributed by atoms with E-state index in [1.165, 1.54) is 6.26 Å². The Morgan fingerprint density at radius 3 is 2.56 bits per heavy atom. The van der Waals surface area contributed by atoms with Gasteiger partial charge in [0, 0.05) is 11.1 Å². The molecule has 7 nitrogen and oxygen atoms in total. The summed E-state index contributed by atoms with van der Waals surface area (Å²) in [7, 11) is 0. The molecule has 0 saturated heterocycles. The molecular formula is C20H13N3O4. The van der Waals surface area contributed by atoms with E-state index in [4.69, 9.17) is 8.83 Å². The third-order valence-corrected chi connectivity index (χ3v) is 3.88. The summed E-state index contributed by atoms with van der Waals surface area (Å²) < 4.78 is 10.6. The molecular weight excluding hydrogens is 346 g/mol. The Morgan fingerprint density at radius 2 is 1.81 bits per heavy atom. The van der Waals surface area contributed by atoms with Gasteiger partial charge in [-0.3, -0.25) is 14.9 Å². The highest BCUT2D eigenvalue weighted by Crippen LogP contribution is 2.23.